The Kier molecular flexibility index (Phi) is 16.1. The first kappa shape index (κ1) is 41.3. The molecule has 0 bridgehead atoms. The Morgan fingerprint density at radius 1 is 0.755 bits per heavy atom. The quantitative estimate of drug-likeness (QED) is 0.0613. The van der Waals surface area contributed by atoms with Gasteiger partial charge in [-0.2, -0.15) is 15.2 Å². The van der Waals surface area contributed by atoms with E-state index in [1.165, 1.54) is 14.2 Å². The van der Waals surface area contributed by atoms with Crippen LogP contribution in [0.5, 0.6) is 23.5 Å². The van der Waals surface area contributed by atoms with Gasteiger partial charge in [-0.1, -0.05) is 48.0 Å². The first-order valence-corrected chi connectivity index (χ1v) is 18.4. The predicted molar refractivity (Wildman–Crippen MR) is 204 cm³/mol. The molecule has 0 aliphatic rings. The maximum absolute atomic E-state index is 10.8. The van der Waals surface area contributed by atoms with Crippen LogP contribution in [0.15, 0.2) is 57.5 Å². The van der Waals surface area contributed by atoms with Gasteiger partial charge in [0.2, 0.25) is 23.5 Å². The lowest BCUT2D eigenvalue weighted by Gasteiger charge is -2.16. The number of halogens is 3. The molecule has 4 rings (SSSR count). The highest BCUT2D eigenvalue weighted by atomic mass is 79.9. The third-order valence-corrected chi connectivity index (χ3v) is 9.41. The summed E-state index contributed by atoms with van der Waals surface area (Å²) in [4.78, 5) is 30.5. The summed E-state index contributed by atoms with van der Waals surface area (Å²) in [5.74, 6) is -0.383. The monoisotopic (exact) mass is 873 g/mol. The maximum Gasteiger partial charge on any atom is 0.303 e. The van der Waals surface area contributed by atoms with Crippen LogP contribution in [0, 0.1) is 11.3 Å². The number of nitrogens with one attached hydrogen (secondary N) is 2. The summed E-state index contributed by atoms with van der Waals surface area (Å²) < 4.78 is 24.3. The van der Waals surface area contributed by atoms with Crippen LogP contribution in [0.3, 0.4) is 0 Å². The number of benzene rings is 2. The molecule has 0 radical (unpaired) electrons. The smallest absolute Gasteiger partial charge is 0.303 e. The summed E-state index contributed by atoms with van der Waals surface area (Å²) in [7, 11) is 3.02. The fourth-order valence-corrected chi connectivity index (χ4v) is 6.48. The number of rotatable bonds is 21. The van der Waals surface area contributed by atoms with Crippen molar-refractivity contribution in [3.8, 4) is 40.7 Å². The van der Waals surface area contributed by atoms with E-state index in [1.54, 1.807) is 6.07 Å². The van der Waals surface area contributed by atoms with Crippen molar-refractivity contribution in [2.75, 3.05) is 27.3 Å². The lowest BCUT2D eigenvalue weighted by atomic mass is 9.95. The van der Waals surface area contributed by atoms with Crippen molar-refractivity contribution in [1.29, 1.82) is 5.26 Å². The largest absolute Gasteiger partial charge is 0.481 e. The summed E-state index contributed by atoms with van der Waals surface area (Å²) in [6.45, 7) is 2.02. The fourth-order valence-electron chi connectivity index (χ4n) is 5.24. The second-order valence-corrected chi connectivity index (χ2v) is 13.6. The average Bonchev–Trinajstić information content (AvgIpc) is 3.13. The lowest BCUT2D eigenvalue weighted by Crippen LogP contribution is -2.17. The van der Waals surface area contributed by atoms with Crippen LogP contribution in [-0.2, 0) is 35.9 Å². The van der Waals surface area contributed by atoms with Gasteiger partial charge in [-0.05, 0) is 69.9 Å². The summed E-state index contributed by atoms with van der Waals surface area (Å²) in [6, 6.07) is 16.9. The van der Waals surface area contributed by atoms with Crippen molar-refractivity contribution in [2.45, 2.75) is 52.0 Å². The zero-order chi connectivity index (χ0) is 38.3. The first-order chi connectivity index (χ1) is 25.6. The Morgan fingerprint density at radius 3 is 1.70 bits per heavy atom. The number of carboxylic acid groups (broad SMARTS) is 2. The minimum absolute atomic E-state index is 0.0358. The molecule has 13 nitrogen and oxygen atoms in total. The van der Waals surface area contributed by atoms with Crippen molar-refractivity contribution in [3.63, 3.8) is 0 Å². The number of nitriles is 1. The zero-order valence-electron chi connectivity index (χ0n) is 29.0. The lowest BCUT2D eigenvalue weighted by molar-refractivity contribution is -0.138. The van der Waals surface area contributed by atoms with Crippen LogP contribution < -0.4 is 29.6 Å². The normalized spacial score (nSPS) is 10.8. The molecule has 0 saturated carbocycles. The molecule has 0 aliphatic heterocycles. The van der Waals surface area contributed by atoms with Crippen molar-refractivity contribution in [3.05, 3.63) is 90.3 Å². The number of carboxylic acids is 2. The number of hydrogen-bond acceptors (Lipinski definition) is 11. The second-order valence-electron chi connectivity index (χ2n) is 11.5. The summed E-state index contributed by atoms with van der Waals surface area (Å²) in [5, 5.41) is 34.8. The van der Waals surface area contributed by atoms with Gasteiger partial charge in [0.25, 0.3) is 0 Å². The van der Waals surface area contributed by atoms with Gasteiger partial charge < -0.3 is 39.8 Å². The Hall–Kier alpha value is -4.46. The second kappa shape index (κ2) is 20.7. The number of aromatic nitrogens is 2. The SMILES string of the molecule is COc1nc(OCc2cccc(-c3cccc(COc4nc(OC)c(CNCCCC(=O)O)cc4Br)c3C#N)c2Cl)c(Br)cc1CNCCCC(=O)O. The van der Waals surface area contributed by atoms with E-state index in [2.05, 4.69) is 58.5 Å². The third kappa shape index (κ3) is 11.8. The molecule has 0 atom stereocenters. The van der Waals surface area contributed by atoms with Crippen molar-refractivity contribution in [2.24, 2.45) is 0 Å². The summed E-state index contributed by atoms with van der Waals surface area (Å²) in [6.07, 6.45) is 1.16. The highest BCUT2D eigenvalue weighted by molar-refractivity contribution is 9.10. The first-order valence-electron chi connectivity index (χ1n) is 16.4. The average molecular weight is 876 g/mol. The van der Waals surface area contributed by atoms with E-state index in [0.717, 1.165) is 11.1 Å². The molecule has 2 heterocycles. The molecule has 4 N–H and O–H groups in total. The fraction of sp³-hybridized carbons (Fsp3) is 0.324. The van der Waals surface area contributed by atoms with Gasteiger partial charge in [-0.3, -0.25) is 9.59 Å². The summed E-state index contributed by atoms with van der Waals surface area (Å²) >= 11 is 14.0. The molecule has 53 heavy (non-hydrogen) atoms. The van der Waals surface area contributed by atoms with Gasteiger partial charge in [0.1, 0.15) is 19.3 Å². The topological polar surface area (TPSA) is 185 Å². The predicted octanol–water partition coefficient (Wildman–Crippen LogP) is 7.28. The zero-order valence-corrected chi connectivity index (χ0v) is 32.9. The van der Waals surface area contributed by atoms with Gasteiger partial charge >= 0.3 is 11.9 Å². The maximum atomic E-state index is 10.8. The molecule has 0 unspecified atom stereocenters. The minimum atomic E-state index is -0.840. The van der Waals surface area contributed by atoms with Crippen LogP contribution in [0.1, 0.15) is 53.5 Å². The molecule has 2 aromatic carbocycles. The number of aliphatic carboxylic acids is 2. The number of methoxy groups -OCH3 is 2. The molecule has 2 aromatic heterocycles. The van der Waals surface area contributed by atoms with Gasteiger partial charge in [0, 0.05) is 59.3 Å². The van der Waals surface area contributed by atoms with E-state index >= 15 is 0 Å². The van der Waals surface area contributed by atoms with E-state index in [9.17, 15) is 14.9 Å². The van der Waals surface area contributed by atoms with Gasteiger partial charge in [0.05, 0.1) is 33.8 Å². The van der Waals surface area contributed by atoms with Crippen molar-refractivity contribution >= 4 is 55.4 Å². The Labute approximate surface area is 328 Å². The Balaban J connectivity index is 1.46. The molecular weight excluding hydrogens is 838 g/mol. The van der Waals surface area contributed by atoms with Gasteiger partial charge in [-0.15, -0.1) is 0 Å². The van der Waals surface area contributed by atoms with E-state index in [0.29, 0.717) is 98.4 Å². The van der Waals surface area contributed by atoms with E-state index in [1.807, 2.05) is 42.5 Å². The number of nitrogens with zero attached hydrogens (tertiary/aromatic N) is 3. The Bertz CT molecular complexity index is 1960. The van der Waals surface area contributed by atoms with Crippen LogP contribution in [-0.4, -0.2) is 59.4 Å². The summed E-state index contributed by atoms with van der Waals surface area (Å²) in [5.41, 5.74) is 4.47. The van der Waals surface area contributed by atoms with Crippen molar-refractivity contribution in [1.82, 2.24) is 20.6 Å². The van der Waals surface area contributed by atoms with Gasteiger partial charge in [-0.25, -0.2) is 0 Å². The highest BCUT2D eigenvalue weighted by Crippen LogP contribution is 2.36. The van der Waals surface area contributed by atoms with Crippen LogP contribution >= 0.6 is 43.5 Å². The Morgan fingerprint density at radius 2 is 1.23 bits per heavy atom. The van der Waals surface area contributed by atoms with Crippen LogP contribution in [0.25, 0.3) is 11.1 Å². The molecule has 0 amide bonds. The molecule has 0 spiro atoms. The van der Waals surface area contributed by atoms with Crippen LogP contribution in [0.2, 0.25) is 5.02 Å². The third-order valence-electron chi connectivity index (χ3n) is 7.83. The molecular formula is C37H38Br2ClN5O8. The molecule has 0 aliphatic carbocycles. The van der Waals surface area contributed by atoms with Crippen LogP contribution in [0.4, 0.5) is 0 Å². The molecule has 0 saturated heterocycles. The molecule has 0 fully saturated rings. The molecule has 4 aromatic rings. The number of ether oxygens (including phenoxy) is 4. The minimum Gasteiger partial charge on any atom is -0.481 e. The van der Waals surface area contributed by atoms with E-state index in [4.69, 9.17) is 40.8 Å². The standard InChI is InChI=1S/C37H38Br2ClN5O8/c1-50-34-24(18-42-13-5-11-31(46)47)15-29(38)36(44-34)52-20-22-7-3-9-26(28(22)17-41)27-10-4-8-23(33(27)40)21-53-37-30(39)16-25(35(45-37)51-2)19-43-14-6-12-32(48)49/h3-4,7-10,15-16,42-43H,5-6,11-14,18-21H2,1-2H3,(H,46,47)(H,48,49). The van der Waals surface area contributed by atoms with Crippen molar-refractivity contribution < 1.29 is 38.7 Å². The molecule has 16 heteroatoms. The highest BCUT2D eigenvalue weighted by Gasteiger charge is 2.19. The number of hydrogen-bond donors (Lipinski definition) is 4. The number of pyridine rings is 2. The molecule has 280 valence electrons. The van der Waals surface area contributed by atoms with Gasteiger partial charge in [0.15, 0.2) is 0 Å². The van der Waals surface area contributed by atoms with E-state index in [-0.39, 0.29) is 31.9 Å². The van der Waals surface area contributed by atoms with E-state index < -0.39 is 11.9 Å². The number of carbonyl (C=O) groups is 2.